The van der Waals surface area contributed by atoms with Crippen LogP contribution in [0, 0.1) is 17.8 Å². The molecule has 0 radical (unpaired) electrons. The van der Waals surface area contributed by atoms with Crippen molar-refractivity contribution in [3.05, 3.63) is 71.8 Å². The summed E-state index contributed by atoms with van der Waals surface area (Å²) in [5.41, 5.74) is 1.42. The highest BCUT2D eigenvalue weighted by Gasteiger charge is 2.53. The van der Waals surface area contributed by atoms with Crippen molar-refractivity contribution in [1.29, 1.82) is 0 Å². The molecule has 0 aromatic heterocycles. The summed E-state index contributed by atoms with van der Waals surface area (Å²) in [6, 6.07) is 16.7. The highest BCUT2D eigenvalue weighted by Crippen LogP contribution is 2.57. The monoisotopic (exact) mass is 515 g/mol. The Morgan fingerprint density at radius 2 is 1.37 bits per heavy atom. The number of esters is 1. The Hall–Kier alpha value is -3.19. The molecule has 5 aliphatic rings. The molecule has 4 bridgehead atoms. The Balaban J connectivity index is 1.04. The summed E-state index contributed by atoms with van der Waals surface area (Å²) >= 11 is 0. The second-order valence-corrected chi connectivity index (χ2v) is 11.8. The van der Waals surface area contributed by atoms with Crippen molar-refractivity contribution >= 4 is 17.8 Å². The summed E-state index contributed by atoms with van der Waals surface area (Å²) in [7, 11) is 0. The van der Waals surface area contributed by atoms with E-state index in [1.807, 2.05) is 17.0 Å². The number of carbonyl (C=O) groups is 3. The highest BCUT2D eigenvalue weighted by molar-refractivity contribution is 5.97. The third kappa shape index (κ3) is 5.08. The van der Waals surface area contributed by atoms with E-state index in [0.717, 1.165) is 30.8 Å². The van der Waals surface area contributed by atoms with Gasteiger partial charge in [0.25, 0.3) is 11.8 Å². The first-order chi connectivity index (χ1) is 18.5. The van der Waals surface area contributed by atoms with E-state index < -0.39 is 12.0 Å². The number of carbonyl (C=O) groups excluding carboxylic acids is 3. The van der Waals surface area contributed by atoms with Gasteiger partial charge >= 0.3 is 5.97 Å². The Morgan fingerprint density at radius 1 is 0.816 bits per heavy atom. The van der Waals surface area contributed by atoms with E-state index >= 15 is 0 Å². The van der Waals surface area contributed by atoms with Crippen LogP contribution in [0.5, 0.6) is 0 Å². The number of piperazine rings is 1. The van der Waals surface area contributed by atoms with E-state index in [1.165, 1.54) is 38.5 Å². The number of hydrogen-bond donors (Lipinski definition) is 1. The smallest absolute Gasteiger partial charge is 0.333 e. The molecule has 200 valence electrons. The summed E-state index contributed by atoms with van der Waals surface area (Å²) < 4.78 is 5.48. The molecule has 0 unspecified atom stereocenters. The molecule has 1 aliphatic heterocycles. The van der Waals surface area contributed by atoms with Crippen molar-refractivity contribution in [3.63, 3.8) is 0 Å². The van der Waals surface area contributed by atoms with Crippen LogP contribution in [0.25, 0.3) is 0 Å². The number of benzene rings is 2. The van der Waals surface area contributed by atoms with Gasteiger partial charge in [-0.2, -0.15) is 0 Å². The second kappa shape index (κ2) is 10.5. The quantitative estimate of drug-likeness (QED) is 0.568. The number of hydrogen-bond acceptors (Lipinski definition) is 5. The number of ether oxygens (including phenoxy) is 1. The molecule has 2 amide bonds. The van der Waals surface area contributed by atoms with Crippen LogP contribution in [0.15, 0.2) is 60.7 Å². The summed E-state index contributed by atoms with van der Waals surface area (Å²) in [5.74, 6) is 1.52. The van der Waals surface area contributed by atoms with Crippen LogP contribution in [0.1, 0.15) is 60.5 Å². The maximum Gasteiger partial charge on any atom is 0.333 e. The second-order valence-electron chi connectivity index (χ2n) is 11.8. The minimum absolute atomic E-state index is 0.176. The predicted octanol–water partition coefficient (Wildman–Crippen LogP) is 3.81. The van der Waals surface area contributed by atoms with Crippen LogP contribution in [0.3, 0.4) is 0 Å². The minimum Gasteiger partial charge on any atom is -0.454 e. The van der Waals surface area contributed by atoms with Gasteiger partial charge in [-0.1, -0.05) is 48.5 Å². The first kappa shape index (κ1) is 25.1. The van der Waals surface area contributed by atoms with E-state index in [9.17, 15) is 14.4 Å². The van der Waals surface area contributed by atoms with E-state index in [2.05, 4.69) is 10.2 Å². The number of nitrogens with zero attached hydrogens (tertiary/aromatic N) is 2. The molecule has 38 heavy (non-hydrogen) atoms. The van der Waals surface area contributed by atoms with Gasteiger partial charge in [0, 0.05) is 37.3 Å². The maximum absolute atomic E-state index is 13.1. The van der Waals surface area contributed by atoms with E-state index in [-0.39, 0.29) is 18.4 Å². The molecule has 1 atom stereocenters. The molecule has 2 aromatic rings. The zero-order valence-electron chi connectivity index (χ0n) is 21.9. The zero-order chi connectivity index (χ0) is 26.1. The lowest BCUT2D eigenvalue weighted by molar-refractivity contribution is -0.155. The summed E-state index contributed by atoms with van der Waals surface area (Å²) in [5, 5.41) is 2.78. The van der Waals surface area contributed by atoms with Gasteiger partial charge in [-0.25, -0.2) is 4.79 Å². The van der Waals surface area contributed by atoms with Crippen LogP contribution in [0.2, 0.25) is 0 Å². The Kier molecular flexibility index (Phi) is 6.95. The molecule has 4 saturated carbocycles. The van der Waals surface area contributed by atoms with Crippen molar-refractivity contribution < 1.29 is 19.1 Å². The third-order valence-electron chi connectivity index (χ3n) is 9.33. The Morgan fingerprint density at radius 3 is 1.95 bits per heavy atom. The first-order valence-electron chi connectivity index (χ1n) is 14.1. The van der Waals surface area contributed by atoms with Gasteiger partial charge in [-0.05, 0) is 74.0 Å². The van der Waals surface area contributed by atoms with Crippen molar-refractivity contribution in [2.45, 2.75) is 50.1 Å². The number of nitrogens with one attached hydrogen (secondary N) is 1. The molecule has 1 N–H and O–H groups in total. The van der Waals surface area contributed by atoms with Gasteiger partial charge in [-0.3, -0.25) is 14.5 Å². The summed E-state index contributed by atoms with van der Waals surface area (Å²) in [6.07, 6.45) is 8.29. The van der Waals surface area contributed by atoms with Crippen molar-refractivity contribution in [2.75, 3.05) is 32.8 Å². The van der Waals surface area contributed by atoms with Crippen molar-refractivity contribution in [1.82, 2.24) is 15.1 Å². The Bertz CT molecular complexity index is 1120. The average molecular weight is 516 g/mol. The summed E-state index contributed by atoms with van der Waals surface area (Å²) in [6.45, 7) is 2.81. The molecular weight excluding hydrogens is 478 g/mol. The zero-order valence-corrected chi connectivity index (χ0v) is 21.9. The Labute approximate surface area is 224 Å². The standard InChI is InChI=1S/C31H37N3O4/c35-27(33-11-13-34(14-12-33)31-18-22-15-23(19-31)17-24(16-22)20-31)21-38-30(37)28(25-7-3-1-4-8-25)32-29(36)26-9-5-2-6-10-26/h1-10,22-24,28H,11-21H2,(H,32,36)/t22?,23?,24?,28-,31?/m0/s1. The van der Waals surface area contributed by atoms with Crippen molar-refractivity contribution in [2.24, 2.45) is 17.8 Å². The molecule has 5 fully saturated rings. The van der Waals surface area contributed by atoms with Crippen LogP contribution in [-0.2, 0) is 14.3 Å². The molecule has 4 aliphatic carbocycles. The minimum atomic E-state index is -0.996. The third-order valence-corrected chi connectivity index (χ3v) is 9.33. The lowest BCUT2D eigenvalue weighted by atomic mass is 9.52. The molecule has 7 nitrogen and oxygen atoms in total. The van der Waals surface area contributed by atoms with E-state index in [1.54, 1.807) is 48.5 Å². The van der Waals surface area contributed by atoms with E-state index in [0.29, 0.717) is 29.8 Å². The first-order valence-corrected chi connectivity index (χ1v) is 14.1. The SMILES string of the molecule is O=C(N[C@H](C(=O)OCC(=O)N1CCN(C23CC4CC(CC(C4)C2)C3)CC1)c1ccccc1)c1ccccc1. The van der Waals surface area contributed by atoms with Gasteiger partial charge in [0.05, 0.1) is 0 Å². The van der Waals surface area contributed by atoms with Crippen LogP contribution in [-0.4, -0.2) is 65.9 Å². The van der Waals surface area contributed by atoms with Gasteiger partial charge < -0.3 is 15.0 Å². The largest absolute Gasteiger partial charge is 0.454 e. The molecular formula is C31H37N3O4. The lowest BCUT2D eigenvalue weighted by Gasteiger charge is -2.61. The topological polar surface area (TPSA) is 78.9 Å². The van der Waals surface area contributed by atoms with Crippen LogP contribution >= 0.6 is 0 Å². The molecule has 2 aromatic carbocycles. The summed E-state index contributed by atoms with van der Waals surface area (Å²) in [4.78, 5) is 43.4. The molecule has 1 heterocycles. The number of amides is 2. The van der Waals surface area contributed by atoms with Crippen LogP contribution < -0.4 is 5.32 Å². The predicted molar refractivity (Wildman–Crippen MR) is 143 cm³/mol. The lowest BCUT2D eigenvalue weighted by Crippen LogP contribution is -2.64. The van der Waals surface area contributed by atoms with Gasteiger partial charge in [0.1, 0.15) is 0 Å². The van der Waals surface area contributed by atoms with Crippen LogP contribution in [0.4, 0.5) is 0 Å². The molecule has 1 saturated heterocycles. The maximum atomic E-state index is 13.1. The normalized spacial score (nSPS) is 29.1. The van der Waals surface area contributed by atoms with Gasteiger partial charge in [0.15, 0.2) is 12.6 Å². The van der Waals surface area contributed by atoms with E-state index in [4.69, 9.17) is 4.74 Å². The molecule has 0 spiro atoms. The number of rotatable bonds is 7. The van der Waals surface area contributed by atoms with Crippen molar-refractivity contribution in [3.8, 4) is 0 Å². The van der Waals surface area contributed by atoms with Gasteiger partial charge in [-0.15, -0.1) is 0 Å². The molecule has 7 rings (SSSR count). The van der Waals surface area contributed by atoms with Gasteiger partial charge in [0.2, 0.25) is 0 Å². The molecule has 7 heteroatoms. The fourth-order valence-electron chi connectivity index (χ4n) is 7.92. The fourth-order valence-corrected chi connectivity index (χ4v) is 7.92. The highest BCUT2D eigenvalue weighted by atomic mass is 16.5. The average Bonchev–Trinajstić information content (AvgIpc) is 2.94. The fraction of sp³-hybridized carbons (Fsp3) is 0.516.